The van der Waals surface area contributed by atoms with E-state index in [9.17, 15) is 0 Å². The van der Waals surface area contributed by atoms with Gasteiger partial charge in [0, 0.05) is 38.1 Å². The van der Waals surface area contributed by atoms with E-state index in [1.165, 1.54) is 32.1 Å². The van der Waals surface area contributed by atoms with Crippen LogP contribution < -0.4 is 10.6 Å². The summed E-state index contributed by atoms with van der Waals surface area (Å²) in [6.45, 7) is 8.34. The van der Waals surface area contributed by atoms with E-state index in [0.717, 1.165) is 51.0 Å². The van der Waals surface area contributed by atoms with Crippen LogP contribution in [-0.4, -0.2) is 50.3 Å². The third-order valence-corrected chi connectivity index (χ3v) is 6.06. The fraction of sp³-hybridized carbons (Fsp3) is 0.944. The van der Waals surface area contributed by atoms with E-state index in [1.807, 2.05) is 18.8 Å². The average Bonchev–Trinajstić information content (AvgIpc) is 2.57. The highest BCUT2D eigenvalue weighted by molar-refractivity contribution is 8.00. The molecule has 136 valence electrons. The molecule has 0 amide bonds. The molecule has 0 aliphatic carbocycles. The van der Waals surface area contributed by atoms with Crippen molar-refractivity contribution in [3.63, 3.8) is 0 Å². The third kappa shape index (κ3) is 8.85. The summed E-state index contributed by atoms with van der Waals surface area (Å²) in [5.74, 6) is 1.78. The number of ether oxygens (including phenoxy) is 1. The quantitative estimate of drug-likeness (QED) is 0.361. The molecule has 0 spiro atoms. The van der Waals surface area contributed by atoms with E-state index in [-0.39, 0.29) is 0 Å². The number of guanidine groups is 1. The zero-order chi connectivity index (χ0) is 17.0. The second-order valence-corrected chi connectivity index (χ2v) is 8.22. The lowest BCUT2D eigenvalue weighted by molar-refractivity contribution is 0.0783. The number of nitrogens with zero attached hydrogens (tertiary/aromatic N) is 1. The van der Waals surface area contributed by atoms with Gasteiger partial charge < -0.3 is 15.4 Å². The van der Waals surface area contributed by atoms with Crippen LogP contribution in [0.15, 0.2) is 4.99 Å². The molecule has 1 rings (SSSR count). The van der Waals surface area contributed by atoms with E-state index in [2.05, 4.69) is 35.7 Å². The second-order valence-electron chi connectivity index (χ2n) is 6.95. The maximum Gasteiger partial charge on any atom is 0.191 e. The van der Waals surface area contributed by atoms with Crippen LogP contribution >= 0.6 is 11.8 Å². The molecule has 0 saturated carbocycles. The number of unbranched alkanes of at least 4 members (excludes halogenated alkanes) is 3. The number of hydrogen-bond donors (Lipinski definition) is 2. The van der Waals surface area contributed by atoms with Crippen molar-refractivity contribution < 1.29 is 4.74 Å². The average molecular weight is 344 g/mol. The van der Waals surface area contributed by atoms with Gasteiger partial charge in [-0.15, -0.1) is 0 Å². The van der Waals surface area contributed by atoms with E-state index in [4.69, 9.17) is 4.74 Å². The molecule has 1 aliphatic heterocycles. The van der Waals surface area contributed by atoms with E-state index in [0.29, 0.717) is 4.75 Å². The first-order valence-corrected chi connectivity index (χ1v) is 10.4. The third-order valence-electron chi connectivity index (χ3n) is 4.64. The molecule has 0 aromatic rings. The number of aliphatic imine (C=N–C) groups is 1. The van der Waals surface area contributed by atoms with Gasteiger partial charge in [0.05, 0.1) is 0 Å². The smallest absolute Gasteiger partial charge is 0.191 e. The SMILES string of the molecule is CN=C(NCCCCCCC(C)C)NCC1(SC)CCOCC1. The molecule has 1 aliphatic rings. The molecule has 5 heteroatoms. The van der Waals surface area contributed by atoms with Gasteiger partial charge in [0.25, 0.3) is 0 Å². The van der Waals surface area contributed by atoms with Gasteiger partial charge in [0.15, 0.2) is 5.96 Å². The normalized spacial score (nSPS) is 18.2. The van der Waals surface area contributed by atoms with Crippen LogP contribution in [0.4, 0.5) is 0 Å². The lowest BCUT2D eigenvalue weighted by Crippen LogP contribution is -2.48. The molecule has 23 heavy (non-hydrogen) atoms. The van der Waals surface area contributed by atoms with Crippen molar-refractivity contribution in [1.82, 2.24) is 10.6 Å². The van der Waals surface area contributed by atoms with Gasteiger partial charge >= 0.3 is 0 Å². The van der Waals surface area contributed by atoms with Gasteiger partial charge in [0.1, 0.15) is 0 Å². The Morgan fingerprint density at radius 3 is 2.43 bits per heavy atom. The first-order chi connectivity index (χ1) is 11.1. The van der Waals surface area contributed by atoms with Crippen molar-refractivity contribution in [3.8, 4) is 0 Å². The van der Waals surface area contributed by atoms with E-state index in [1.54, 1.807) is 0 Å². The van der Waals surface area contributed by atoms with Gasteiger partial charge in [-0.1, -0.05) is 39.5 Å². The molecule has 2 N–H and O–H groups in total. The molecule has 4 nitrogen and oxygen atoms in total. The maximum absolute atomic E-state index is 5.50. The van der Waals surface area contributed by atoms with Gasteiger partial charge in [-0.25, -0.2) is 0 Å². The molecule has 0 unspecified atom stereocenters. The Morgan fingerprint density at radius 1 is 1.13 bits per heavy atom. The van der Waals surface area contributed by atoms with Crippen LogP contribution in [0.5, 0.6) is 0 Å². The van der Waals surface area contributed by atoms with Crippen LogP contribution in [0.25, 0.3) is 0 Å². The summed E-state index contributed by atoms with van der Waals surface area (Å²) in [5.41, 5.74) is 0. The zero-order valence-corrected chi connectivity index (χ0v) is 16.4. The summed E-state index contributed by atoms with van der Waals surface area (Å²) < 4.78 is 5.80. The standard InChI is InChI=1S/C18H37N3OS/c1-16(2)9-7-5-6-8-12-20-17(19-3)21-15-18(23-4)10-13-22-14-11-18/h16H,5-15H2,1-4H3,(H2,19,20,21). The monoisotopic (exact) mass is 343 g/mol. The summed E-state index contributed by atoms with van der Waals surface area (Å²) in [6.07, 6.45) is 11.0. The molecule has 0 radical (unpaired) electrons. The van der Waals surface area contributed by atoms with Crippen LogP contribution in [-0.2, 0) is 4.74 Å². The Bertz CT molecular complexity index is 328. The minimum atomic E-state index is 0.298. The van der Waals surface area contributed by atoms with Crippen molar-refractivity contribution in [2.45, 2.75) is 63.5 Å². The molecule has 0 bridgehead atoms. The highest BCUT2D eigenvalue weighted by atomic mass is 32.2. The van der Waals surface area contributed by atoms with E-state index >= 15 is 0 Å². The molecular weight excluding hydrogens is 306 g/mol. The molecule has 0 aromatic heterocycles. The fourth-order valence-electron chi connectivity index (χ4n) is 2.90. The van der Waals surface area contributed by atoms with Crippen molar-refractivity contribution in [2.24, 2.45) is 10.9 Å². The fourth-order valence-corrected chi connectivity index (χ4v) is 3.69. The Kier molecular flexibility index (Phi) is 10.8. The van der Waals surface area contributed by atoms with Gasteiger partial charge in [0.2, 0.25) is 0 Å². The lowest BCUT2D eigenvalue weighted by atomic mass is 9.99. The highest BCUT2D eigenvalue weighted by Gasteiger charge is 2.31. The summed E-state index contributed by atoms with van der Waals surface area (Å²) in [4.78, 5) is 4.35. The summed E-state index contributed by atoms with van der Waals surface area (Å²) >= 11 is 1.96. The van der Waals surface area contributed by atoms with Crippen LogP contribution in [0.3, 0.4) is 0 Å². The molecule has 1 saturated heterocycles. The Balaban J connectivity index is 2.14. The summed E-state index contributed by atoms with van der Waals surface area (Å²) in [5, 5.41) is 6.96. The van der Waals surface area contributed by atoms with Crippen molar-refractivity contribution >= 4 is 17.7 Å². The number of hydrogen-bond acceptors (Lipinski definition) is 3. The van der Waals surface area contributed by atoms with Crippen LogP contribution in [0.1, 0.15) is 58.8 Å². The van der Waals surface area contributed by atoms with Crippen LogP contribution in [0, 0.1) is 5.92 Å². The predicted molar refractivity (Wildman–Crippen MR) is 104 cm³/mol. The Labute approximate surface area is 147 Å². The Hall–Kier alpha value is -0.420. The van der Waals surface area contributed by atoms with Crippen molar-refractivity contribution in [1.29, 1.82) is 0 Å². The number of rotatable bonds is 10. The predicted octanol–water partition coefficient (Wildman–Crippen LogP) is 3.67. The molecule has 1 heterocycles. The lowest BCUT2D eigenvalue weighted by Gasteiger charge is -2.36. The topological polar surface area (TPSA) is 45.7 Å². The minimum absolute atomic E-state index is 0.298. The zero-order valence-electron chi connectivity index (χ0n) is 15.6. The number of thioether (sulfide) groups is 1. The first-order valence-electron chi connectivity index (χ1n) is 9.19. The molecule has 0 atom stereocenters. The van der Waals surface area contributed by atoms with Gasteiger partial charge in [-0.3, -0.25) is 4.99 Å². The highest BCUT2D eigenvalue weighted by Crippen LogP contribution is 2.32. The Morgan fingerprint density at radius 2 is 1.83 bits per heavy atom. The molecule has 0 aromatic carbocycles. The summed E-state index contributed by atoms with van der Waals surface area (Å²) in [7, 11) is 1.85. The van der Waals surface area contributed by atoms with E-state index < -0.39 is 0 Å². The van der Waals surface area contributed by atoms with Crippen molar-refractivity contribution in [2.75, 3.05) is 39.6 Å². The molecule has 1 fully saturated rings. The largest absolute Gasteiger partial charge is 0.381 e. The van der Waals surface area contributed by atoms with Crippen molar-refractivity contribution in [3.05, 3.63) is 0 Å². The number of nitrogens with one attached hydrogen (secondary N) is 2. The first kappa shape index (κ1) is 20.6. The van der Waals surface area contributed by atoms with Gasteiger partial charge in [-0.05, 0) is 31.4 Å². The maximum atomic E-state index is 5.50. The summed E-state index contributed by atoms with van der Waals surface area (Å²) in [6, 6.07) is 0. The van der Waals surface area contributed by atoms with Gasteiger partial charge in [-0.2, -0.15) is 11.8 Å². The minimum Gasteiger partial charge on any atom is -0.381 e. The molecular formula is C18H37N3OS. The second kappa shape index (κ2) is 12.0. The van der Waals surface area contributed by atoms with Crippen LogP contribution in [0.2, 0.25) is 0 Å².